The van der Waals surface area contributed by atoms with Gasteiger partial charge in [0.05, 0.1) is 7.11 Å². The number of anilines is 1. The number of nitrogens with zero attached hydrogens (tertiary/aromatic N) is 3. The Morgan fingerprint density at radius 1 is 1.19 bits per heavy atom. The van der Waals surface area contributed by atoms with E-state index in [2.05, 4.69) is 20.2 Å². The summed E-state index contributed by atoms with van der Waals surface area (Å²) in [6.45, 7) is 3.78. The lowest BCUT2D eigenvalue weighted by atomic mass is 10.0. The van der Waals surface area contributed by atoms with Gasteiger partial charge in [0.2, 0.25) is 11.8 Å². The number of piperidine rings is 1. The first-order chi connectivity index (χ1) is 10.3. The van der Waals surface area contributed by atoms with Crippen molar-refractivity contribution < 1.29 is 9.47 Å². The minimum absolute atomic E-state index is 0.606. The van der Waals surface area contributed by atoms with Gasteiger partial charge in [-0.1, -0.05) is 0 Å². The summed E-state index contributed by atoms with van der Waals surface area (Å²) >= 11 is 0. The van der Waals surface area contributed by atoms with Crippen molar-refractivity contribution in [2.75, 3.05) is 38.3 Å². The second-order valence-electron chi connectivity index (χ2n) is 5.71. The number of nitrogens with one attached hydrogen (secondary N) is 1. The van der Waals surface area contributed by atoms with E-state index in [0.717, 1.165) is 57.9 Å². The van der Waals surface area contributed by atoms with Crippen LogP contribution in [-0.2, 0) is 4.74 Å². The lowest BCUT2D eigenvalue weighted by molar-refractivity contribution is 0.0738. The van der Waals surface area contributed by atoms with Crippen LogP contribution in [0.1, 0.15) is 25.7 Å². The summed E-state index contributed by atoms with van der Waals surface area (Å²) in [4.78, 5) is 11.0. The molecule has 21 heavy (non-hydrogen) atoms. The lowest BCUT2D eigenvalue weighted by Crippen LogP contribution is -2.48. The molecule has 1 N–H and O–H groups in total. The van der Waals surface area contributed by atoms with E-state index in [1.165, 1.54) is 0 Å². The average Bonchev–Trinajstić information content (AvgIpc) is 2.56. The predicted octanol–water partition coefficient (Wildman–Crippen LogP) is 1.22. The van der Waals surface area contributed by atoms with Crippen LogP contribution >= 0.6 is 0 Å². The van der Waals surface area contributed by atoms with E-state index in [1.54, 1.807) is 19.4 Å². The zero-order valence-electron chi connectivity index (χ0n) is 12.6. The maximum Gasteiger partial charge on any atom is 0.228 e. The standard InChI is InChI=1S/C15H24N4O2/c1-20-14-2-7-16-15(18-14)19-8-3-12(4-9-19)17-13-5-10-21-11-6-13/h2,7,12-13,17H,3-6,8-11H2,1H3. The van der Waals surface area contributed by atoms with Crippen LogP contribution in [0.5, 0.6) is 5.88 Å². The molecule has 0 spiro atoms. The second kappa shape index (κ2) is 7.04. The molecular formula is C15H24N4O2. The van der Waals surface area contributed by atoms with Crippen molar-refractivity contribution in [3.63, 3.8) is 0 Å². The molecule has 0 atom stereocenters. The van der Waals surface area contributed by atoms with E-state index in [0.29, 0.717) is 18.0 Å². The molecule has 6 heteroatoms. The molecule has 0 saturated carbocycles. The quantitative estimate of drug-likeness (QED) is 0.900. The van der Waals surface area contributed by atoms with Crippen LogP contribution in [0.4, 0.5) is 5.95 Å². The molecule has 0 aliphatic carbocycles. The smallest absolute Gasteiger partial charge is 0.228 e. The van der Waals surface area contributed by atoms with Crippen molar-refractivity contribution in [3.8, 4) is 5.88 Å². The third-order valence-electron chi connectivity index (χ3n) is 4.30. The predicted molar refractivity (Wildman–Crippen MR) is 80.8 cm³/mol. The maximum atomic E-state index is 5.41. The molecule has 6 nitrogen and oxygen atoms in total. The first-order valence-corrected chi connectivity index (χ1v) is 7.81. The van der Waals surface area contributed by atoms with E-state index in [4.69, 9.17) is 9.47 Å². The fraction of sp³-hybridized carbons (Fsp3) is 0.733. The molecular weight excluding hydrogens is 268 g/mol. The van der Waals surface area contributed by atoms with E-state index in [-0.39, 0.29) is 0 Å². The Morgan fingerprint density at radius 2 is 1.90 bits per heavy atom. The van der Waals surface area contributed by atoms with Gasteiger partial charge in [-0.15, -0.1) is 0 Å². The second-order valence-corrected chi connectivity index (χ2v) is 5.71. The molecule has 0 radical (unpaired) electrons. The minimum atomic E-state index is 0.606. The summed E-state index contributed by atoms with van der Waals surface area (Å²) in [5.41, 5.74) is 0. The summed E-state index contributed by atoms with van der Waals surface area (Å²) in [5.74, 6) is 1.40. The van der Waals surface area contributed by atoms with Crippen molar-refractivity contribution in [2.24, 2.45) is 0 Å². The van der Waals surface area contributed by atoms with E-state index >= 15 is 0 Å². The molecule has 0 unspecified atom stereocenters. The van der Waals surface area contributed by atoms with Crippen LogP contribution in [0.25, 0.3) is 0 Å². The number of ether oxygens (including phenoxy) is 2. The van der Waals surface area contributed by atoms with Gasteiger partial charge in [0.1, 0.15) is 0 Å². The molecule has 3 rings (SSSR count). The highest BCUT2D eigenvalue weighted by Gasteiger charge is 2.24. The first-order valence-electron chi connectivity index (χ1n) is 7.81. The highest BCUT2D eigenvalue weighted by molar-refractivity contribution is 5.32. The van der Waals surface area contributed by atoms with Crippen LogP contribution in [0.3, 0.4) is 0 Å². The summed E-state index contributed by atoms with van der Waals surface area (Å²) in [5, 5.41) is 3.78. The van der Waals surface area contributed by atoms with Crippen molar-refractivity contribution in [2.45, 2.75) is 37.8 Å². The molecule has 2 fully saturated rings. The van der Waals surface area contributed by atoms with Gasteiger partial charge >= 0.3 is 0 Å². The summed E-state index contributed by atoms with van der Waals surface area (Å²) in [7, 11) is 1.64. The molecule has 0 amide bonds. The Morgan fingerprint density at radius 3 is 2.62 bits per heavy atom. The third kappa shape index (κ3) is 3.83. The van der Waals surface area contributed by atoms with Gasteiger partial charge in [0, 0.05) is 50.7 Å². The molecule has 0 aromatic carbocycles. The van der Waals surface area contributed by atoms with Gasteiger partial charge in [0.25, 0.3) is 0 Å². The molecule has 2 aliphatic heterocycles. The van der Waals surface area contributed by atoms with E-state index < -0.39 is 0 Å². The summed E-state index contributed by atoms with van der Waals surface area (Å²) in [6, 6.07) is 3.02. The van der Waals surface area contributed by atoms with Gasteiger partial charge in [0.15, 0.2) is 0 Å². The van der Waals surface area contributed by atoms with Crippen LogP contribution in [0.15, 0.2) is 12.3 Å². The summed E-state index contributed by atoms with van der Waals surface area (Å²) < 4.78 is 10.6. The lowest BCUT2D eigenvalue weighted by Gasteiger charge is -2.35. The number of methoxy groups -OCH3 is 1. The normalized spacial score (nSPS) is 21.5. The van der Waals surface area contributed by atoms with Gasteiger partial charge in [-0.25, -0.2) is 4.98 Å². The first kappa shape index (κ1) is 14.5. The SMILES string of the molecule is COc1ccnc(N2CCC(NC3CCOCC3)CC2)n1. The van der Waals surface area contributed by atoms with Crippen LogP contribution in [0, 0.1) is 0 Å². The Balaban J connectivity index is 1.50. The van der Waals surface area contributed by atoms with E-state index in [9.17, 15) is 0 Å². The van der Waals surface area contributed by atoms with Crippen LogP contribution < -0.4 is 15.0 Å². The molecule has 116 valence electrons. The monoisotopic (exact) mass is 292 g/mol. The van der Waals surface area contributed by atoms with Crippen molar-refractivity contribution in [1.82, 2.24) is 15.3 Å². The average molecular weight is 292 g/mol. The van der Waals surface area contributed by atoms with Gasteiger partial charge < -0.3 is 19.7 Å². The largest absolute Gasteiger partial charge is 0.481 e. The Labute approximate surface area is 125 Å². The van der Waals surface area contributed by atoms with Crippen molar-refractivity contribution in [1.29, 1.82) is 0 Å². The number of rotatable bonds is 4. The van der Waals surface area contributed by atoms with Crippen LogP contribution in [-0.4, -0.2) is 55.5 Å². The Kier molecular flexibility index (Phi) is 4.87. The molecule has 3 heterocycles. The Hall–Kier alpha value is -1.40. The van der Waals surface area contributed by atoms with Gasteiger partial charge in [-0.3, -0.25) is 0 Å². The van der Waals surface area contributed by atoms with Crippen molar-refractivity contribution >= 4 is 5.95 Å². The molecule has 2 saturated heterocycles. The van der Waals surface area contributed by atoms with Crippen LogP contribution in [0.2, 0.25) is 0 Å². The highest BCUT2D eigenvalue weighted by Crippen LogP contribution is 2.19. The van der Waals surface area contributed by atoms with Crippen molar-refractivity contribution in [3.05, 3.63) is 12.3 Å². The number of aromatic nitrogens is 2. The minimum Gasteiger partial charge on any atom is -0.481 e. The molecule has 1 aromatic heterocycles. The molecule has 1 aromatic rings. The fourth-order valence-corrected chi connectivity index (χ4v) is 3.04. The molecule has 0 bridgehead atoms. The fourth-order valence-electron chi connectivity index (χ4n) is 3.04. The highest BCUT2D eigenvalue weighted by atomic mass is 16.5. The topological polar surface area (TPSA) is 59.5 Å². The van der Waals surface area contributed by atoms with Gasteiger partial charge in [-0.2, -0.15) is 4.98 Å². The maximum absolute atomic E-state index is 5.41. The summed E-state index contributed by atoms with van der Waals surface area (Å²) in [6.07, 6.45) is 6.31. The number of hydrogen-bond donors (Lipinski definition) is 1. The van der Waals surface area contributed by atoms with E-state index in [1.807, 2.05) is 0 Å². The third-order valence-corrected chi connectivity index (χ3v) is 4.30. The van der Waals surface area contributed by atoms with Gasteiger partial charge in [-0.05, 0) is 25.7 Å². The zero-order valence-corrected chi connectivity index (χ0v) is 12.6. The molecule has 2 aliphatic rings. The Bertz CT molecular complexity index is 443. The number of hydrogen-bond acceptors (Lipinski definition) is 6. The zero-order chi connectivity index (χ0) is 14.5.